The summed E-state index contributed by atoms with van der Waals surface area (Å²) in [6.45, 7) is 2.02. The van der Waals surface area contributed by atoms with Crippen LogP contribution in [0.3, 0.4) is 0 Å². The fourth-order valence-electron chi connectivity index (χ4n) is 3.43. The quantitative estimate of drug-likeness (QED) is 0.622. The van der Waals surface area contributed by atoms with E-state index in [1.54, 1.807) is 12.3 Å². The van der Waals surface area contributed by atoms with Crippen LogP contribution in [0.15, 0.2) is 42.6 Å². The summed E-state index contributed by atoms with van der Waals surface area (Å²) < 4.78 is 0. The van der Waals surface area contributed by atoms with Crippen LogP contribution in [0.5, 0.6) is 0 Å². The maximum absolute atomic E-state index is 9.56. The second-order valence-corrected chi connectivity index (χ2v) is 6.38. The third-order valence-corrected chi connectivity index (χ3v) is 4.75. The lowest BCUT2D eigenvalue weighted by atomic mass is 9.78. The average Bonchev–Trinajstić information content (AvgIpc) is 3.15. The van der Waals surface area contributed by atoms with E-state index in [-0.39, 0.29) is 0 Å². The summed E-state index contributed by atoms with van der Waals surface area (Å²) in [5.41, 5.74) is 10.8. The minimum atomic E-state index is -1.50. The summed E-state index contributed by atoms with van der Waals surface area (Å²) in [4.78, 5) is 2.33. The number of nitrogens with zero attached hydrogens (tertiary/aromatic N) is 3. The third-order valence-electron chi connectivity index (χ3n) is 4.75. The molecule has 0 spiro atoms. The number of anilines is 2. The van der Waals surface area contributed by atoms with Crippen molar-refractivity contribution in [2.75, 3.05) is 23.7 Å². The van der Waals surface area contributed by atoms with Crippen LogP contribution in [-0.2, 0) is 0 Å². The van der Waals surface area contributed by atoms with Crippen molar-refractivity contribution >= 4 is 34.9 Å². The first-order valence-electron chi connectivity index (χ1n) is 8.40. The number of hydrogen-bond donors (Lipinski definition) is 3. The number of benzene rings is 2. The fourth-order valence-corrected chi connectivity index (χ4v) is 3.43. The van der Waals surface area contributed by atoms with Crippen LogP contribution in [0, 0.1) is 0 Å². The first-order valence-corrected chi connectivity index (χ1v) is 8.40. The Morgan fingerprint density at radius 3 is 2.60 bits per heavy atom. The molecule has 0 amide bonds. The second-order valence-electron chi connectivity index (χ2n) is 6.38. The topological polar surface area (TPSA) is 95.5 Å². The molecule has 0 unspecified atom stereocenters. The smallest absolute Gasteiger partial charge is 0.423 e. The minimum absolute atomic E-state index is 0.469. The Labute approximate surface area is 146 Å². The Morgan fingerprint density at radius 1 is 1.04 bits per heavy atom. The first kappa shape index (κ1) is 15.9. The summed E-state index contributed by atoms with van der Waals surface area (Å²) in [6.07, 6.45) is 3.88. The standard InChI is InChI=1S/C18H19BN4O2/c20-16-11-21-22-17-9-12(3-5-14(16)17)15-10-13(19(24)25)4-6-18(15)23-7-1-2-8-23/h3-6,9-11,24-25H,1-2,7-8H2,(H2,20,22). The van der Waals surface area contributed by atoms with Gasteiger partial charge in [0.25, 0.3) is 0 Å². The Morgan fingerprint density at radius 2 is 1.84 bits per heavy atom. The van der Waals surface area contributed by atoms with Gasteiger partial charge in [-0.25, -0.2) is 0 Å². The van der Waals surface area contributed by atoms with Crippen molar-refractivity contribution in [1.82, 2.24) is 10.2 Å². The predicted octanol–water partition coefficient (Wildman–Crippen LogP) is 1.16. The molecule has 25 heavy (non-hydrogen) atoms. The van der Waals surface area contributed by atoms with Crippen molar-refractivity contribution in [3.63, 3.8) is 0 Å². The summed E-state index contributed by atoms with van der Waals surface area (Å²) >= 11 is 0. The van der Waals surface area contributed by atoms with E-state index in [0.29, 0.717) is 11.2 Å². The van der Waals surface area contributed by atoms with Gasteiger partial charge in [-0.3, -0.25) is 0 Å². The molecule has 3 aromatic rings. The number of rotatable bonds is 3. The van der Waals surface area contributed by atoms with Gasteiger partial charge in [0, 0.05) is 29.7 Å². The number of aromatic nitrogens is 2. The van der Waals surface area contributed by atoms with Crippen molar-refractivity contribution < 1.29 is 10.0 Å². The molecule has 1 saturated heterocycles. The lowest BCUT2D eigenvalue weighted by Crippen LogP contribution is -2.30. The van der Waals surface area contributed by atoms with Crippen LogP contribution >= 0.6 is 0 Å². The van der Waals surface area contributed by atoms with Crippen LogP contribution in [0.4, 0.5) is 11.4 Å². The van der Waals surface area contributed by atoms with Crippen LogP contribution in [0.25, 0.3) is 22.0 Å². The zero-order valence-corrected chi connectivity index (χ0v) is 13.8. The summed E-state index contributed by atoms with van der Waals surface area (Å²) in [5, 5.41) is 28.1. The zero-order chi connectivity index (χ0) is 17.4. The first-order chi connectivity index (χ1) is 12.1. The summed E-state index contributed by atoms with van der Waals surface area (Å²) in [5.74, 6) is 0. The van der Waals surface area contributed by atoms with Gasteiger partial charge in [0.1, 0.15) is 0 Å². The number of nitrogen functional groups attached to an aromatic ring is 1. The van der Waals surface area contributed by atoms with Gasteiger partial charge >= 0.3 is 7.12 Å². The van der Waals surface area contributed by atoms with Crippen molar-refractivity contribution in [2.24, 2.45) is 0 Å². The van der Waals surface area contributed by atoms with Gasteiger partial charge < -0.3 is 20.7 Å². The highest BCUT2D eigenvalue weighted by molar-refractivity contribution is 6.58. The summed E-state index contributed by atoms with van der Waals surface area (Å²) in [7, 11) is -1.50. The van der Waals surface area contributed by atoms with E-state index in [1.807, 2.05) is 30.3 Å². The molecule has 2 aromatic carbocycles. The summed E-state index contributed by atoms with van der Waals surface area (Å²) in [6, 6.07) is 11.4. The number of hydrogen-bond acceptors (Lipinski definition) is 6. The molecule has 7 heteroatoms. The molecule has 1 aliphatic rings. The maximum atomic E-state index is 9.56. The molecule has 0 radical (unpaired) electrons. The zero-order valence-electron chi connectivity index (χ0n) is 13.8. The Bertz CT molecular complexity index is 926. The van der Waals surface area contributed by atoms with Gasteiger partial charge in [0.15, 0.2) is 0 Å². The van der Waals surface area contributed by atoms with E-state index in [2.05, 4.69) is 15.1 Å². The molecule has 1 aromatic heterocycles. The molecule has 0 bridgehead atoms. The molecule has 6 nitrogen and oxygen atoms in total. The molecule has 0 aliphatic carbocycles. The van der Waals surface area contributed by atoms with Crippen LogP contribution in [-0.4, -0.2) is 40.5 Å². The number of nitrogens with two attached hydrogens (primary N) is 1. The molecule has 1 aliphatic heterocycles. The van der Waals surface area contributed by atoms with E-state index in [0.717, 1.165) is 40.8 Å². The monoisotopic (exact) mass is 334 g/mol. The molecule has 1 fully saturated rings. The molecular formula is C18H19BN4O2. The largest absolute Gasteiger partial charge is 0.488 e. The Hall–Kier alpha value is -2.64. The van der Waals surface area contributed by atoms with Gasteiger partial charge in [0.2, 0.25) is 0 Å². The molecule has 4 N–H and O–H groups in total. The van der Waals surface area contributed by atoms with E-state index in [1.165, 1.54) is 12.8 Å². The van der Waals surface area contributed by atoms with Crippen LogP contribution < -0.4 is 16.1 Å². The van der Waals surface area contributed by atoms with Gasteiger partial charge in [-0.2, -0.15) is 10.2 Å². The van der Waals surface area contributed by atoms with Crippen molar-refractivity contribution in [2.45, 2.75) is 12.8 Å². The number of fused-ring (bicyclic) bond motifs is 1. The highest BCUT2D eigenvalue weighted by atomic mass is 16.4. The SMILES string of the molecule is Nc1cnnc2cc(-c3cc(B(O)O)ccc3N3CCCC3)ccc12. The normalized spacial score (nSPS) is 14.2. The third kappa shape index (κ3) is 2.92. The molecule has 4 rings (SSSR count). The van der Waals surface area contributed by atoms with Crippen LogP contribution in [0.2, 0.25) is 0 Å². The van der Waals surface area contributed by atoms with E-state index in [9.17, 15) is 10.0 Å². The van der Waals surface area contributed by atoms with Crippen molar-refractivity contribution in [3.05, 3.63) is 42.6 Å². The van der Waals surface area contributed by atoms with Gasteiger partial charge in [0.05, 0.1) is 17.4 Å². The lowest BCUT2D eigenvalue weighted by molar-refractivity contribution is 0.426. The lowest BCUT2D eigenvalue weighted by Gasteiger charge is -2.22. The highest BCUT2D eigenvalue weighted by Crippen LogP contribution is 2.34. The van der Waals surface area contributed by atoms with E-state index >= 15 is 0 Å². The Kier molecular flexibility index (Phi) is 4.03. The second kappa shape index (κ2) is 6.35. The van der Waals surface area contributed by atoms with Crippen LogP contribution in [0.1, 0.15) is 12.8 Å². The van der Waals surface area contributed by atoms with Gasteiger partial charge in [-0.05, 0) is 42.1 Å². The molecule has 0 saturated carbocycles. The van der Waals surface area contributed by atoms with Crippen molar-refractivity contribution in [1.29, 1.82) is 0 Å². The maximum Gasteiger partial charge on any atom is 0.488 e. The fraction of sp³-hybridized carbons (Fsp3) is 0.222. The van der Waals surface area contributed by atoms with E-state index in [4.69, 9.17) is 5.73 Å². The van der Waals surface area contributed by atoms with E-state index < -0.39 is 7.12 Å². The minimum Gasteiger partial charge on any atom is -0.423 e. The highest BCUT2D eigenvalue weighted by Gasteiger charge is 2.20. The van der Waals surface area contributed by atoms with Gasteiger partial charge in [-0.15, -0.1) is 0 Å². The molecular weight excluding hydrogens is 315 g/mol. The molecule has 126 valence electrons. The molecule has 2 heterocycles. The van der Waals surface area contributed by atoms with Crippen molar-refractivity contribution in [3.8, 4) is 11.1 Å². The predicted molar refractivity (Wildman–Crippen MR) is 101 cm³/mol. The Balaban J connectivity index is 1.88. The van der Waals surface area contributed by atoms with Gasteiger partial charge in [-0.1, -0.05) is 18.2 Å². The average molecular weight is 334 g/mol. The molecule has 0 atom stereocenters.